The minimum Gasteiger partial charge on any atom is -0.508 e. The van der Waals surface area contributed by atoms with Crippen LogP contribution in [0.3, 0.4) is 0 Å². The third kappa shape index (κ3) is 3.91. The second kappa shape index (κ2) is 7.02. The standard InChI is InChI=1S/C15H24FN3O/c1-12(14-11-13(16)3-4-15(14)20)18(2)9-10-19-7-5-17-6-8-19/h3-4,11-12,17,20H,5-10H2,1-2H3. The van der Waals surface area contributed by atoms with Crippen molar-refractivity contribution in [2.45, 2.75) is 13.0 Å². The molecular weight excluding hydrogens is 257 g/mol. The molecule has 20 heavy (non-hydrogen) atoms. The zero-order chi connectivity index (χ0) is 14.5. The lowest BCUT2D eigenvalue weighted by Crippen LogP contribution is -2.46. The summed E-state index contributed by atoms with van der Waals surface area (Å²) in [7, 11) is 2.01. The Morgan fingerprint density at radius 2 is 2.10 bits per heavy atom. The largest absolute Gasteiger partial charge is 0.508 e. The van der Waals surface area contributed by atoms with Gasteiger partial charge in [-0.2, -0.15) is 0 Å². The summed E-state index contributed by atoms with van der Waals surface area (Å²) in [6.07, 6.45) is 0. The number of hydrogen-bond donors (Lipinski definition) is 2. The fourth-order valence-electron chi connectivity index (χ4n) is 2.52. The number of benzene rings is 1. The number of nitrogens with one attached hydrogen (secondary N) is 1. The van der Waals surface area contributed by atoms with Crippen LogP contribution < -0.4 is 5.32 Å². The number of halogens is 1. The number of likely N-dealkylation sites (N-methyl/N-ethyl adjacent to an activating group) is 1. The maximum absolute atomic E-state index is 13.3. The number of nitrogens with zero attached hydrogens (tertiary/aromatic N) is 2. The zero-order valence-electron chi connectivity index (χ0n) is 12.3. The topological polar surface area (TPSA) is 38.7 Å². The van der Waals surface area contributed by atoms with Gasteiger partial charge in [0.2, 0.25) is 0 Å². The molecule has 1 aliphatic rings. The van der Waals surface area contributed by atoms with Crippen LogP contribution in [0.15, 0.2) is 18.2 Å². The number of phenols is 1. The molecule has 2 rings (SSSR count). The van der Waals surface area contributed by atoms with E-state index < -0.39 is 0 Å². The molecule has 0 aliphatic carbocycles. The lowest BCUT2D eigenvalue weighted by Gasteiger charge is -2.31. The Kier molecular flexibility index (Phi) is 5.34. The van der Waals surface area contributed by atoms with Crippen molar-refractivity contribution in [2.24, 2.45) is 0 Å². The molecule has 2 N–H and O–H groups in total. The Hall–Kier alpha value is -1.17. The first kappa shape index (κ1) is 15.2. The van der Waals surface area contributed by atoms with Crippen LogP contribution in [0.25, 0.3) is 0 Å². The van der Waals surface area contributed by atoms with Gasteiger partial charge < -0.3 is 10.4 Å². The van der Waals surface area contributed by atoms with Gasteiger partial charge in [0, 0.05) is 50.9 Å². The smallest absolute Gasteiger partial charge is 0.123 e. The molecule has 1 unspecified atom stereocenters. The van der Waals surface area contributed by atoms with E-state index in [1.807, 2.05) is 14.0 Å². The van der Waals surface area contributed by atoms with Crippen LogP contribution in [0.2, 0.25) is 0 Å². The van der Waals surface area contributed by atoms with Crippen molar-refractivity contribution in [3.05, 3.63) is 29.6 Å². The van der Waals surface area contributed by atoms with Crippen molar-refractivity contribution >= 4 is 0 Å². The first-order valence-corrected chi connectivity index (χ1v) is 7.19. The second-order valence-electron chi connectivity index (χ2n) is 5.45. The summed E-state index contributed by atoms with van der Waals surface area (Å²) in [5.41, 5.74) is 0.646. The Morgan fingerprint density at radius 1 is 1.40 bits per heavy atom. The van der Waals surface area contributed by atoms with E-state index in [0.717, 1.165) is 39.3 Å². The van der Waals surface area contributed by atoms with Gasteiger partial charge in [0.25, 0.3) is 0 Å². The van der Waals surface area contributed by atoms with Gasteiger partial charge in [-0.3, -0.25) is 9.80 Å². The lowest BCUT2D eigenvalue weighted by atomic mass is 10.1. The Bertz CT molecular complexity index is 435. The van der Waals surface area contributed by atoms with Crippen molar-refractivity contribution in [1.82, 2.24) is 15.1 Å². The first-order chi connectivity index (χ1) is 9.58. The first-order valence-electron chi connectivity index (χ1n) is 7.19. The highest BCUT2D eigenvalue weighted by Crippen LogP contribution is 2.28. The molecule has 1 fully saturated rings. The summed E-state index contributed by atoms with van der Waals surface area (Å²) in [6, 6.07) is 4.12. The highest BCUT2D eigenvalue weighted by atomic mass is 19.1. The number of phenolic OH excluding ortho intramolecular Hbond substituents is 1. The van der Waals surface area contributed by atoms with E-state index in [0.29, 0.717) is 5.56 Å². The van der Waals surface area contributed by atoms with Gasteiger partial charge in [0.05, 0.1) is 0 Å². The molecule has 0 amide bonds. The number of aromatic hydroxyl groups is 1. The third-order valence-corrected chi connectivity index (χ3v) is 4.08. The van der Waals surface area contributed by atoms with E-state index in [-0.39, 0.29) is 17.6 Å². The van der Waals surface area contributed by atoms with Gasteiger partial charge in [-0.25, -0.2) is 4.39 Å². The minimum atomic E-state index is -0.305. The molecule has 4 nitrogen and oxygen atoms in total. The SMILES string of the molecule is CC(c1cc(F)ccc1O)N(C)CCN1CCNCC1. The highest BCUT2D eigenvalue weighted by molar-refractivity contribution is 5.34. The summed E-state index contributed by atoms with van der Waals surface area (Å²) >= 11 is 0. The quantitative estimate of drug-likeness (QED) is 0.856. The average molecular weight is 281 g/mol. The Morgan fingerprint density at radius 3 is 2.80 bits per heavy atom. The van der Waals surface area contributed by atoms with E-state index in [1.54, 1.807) is 0 Å². The minimum absolute atomic E-state index is 0.00591. The number of hydrogen-bond acceptors (Lipinski definition) is 4. The normalized spacial score (nSPS) is 18.4. The molecule has 1 aromatic rings. The summed E-state index contributed by atoms with van der Waals surface area (Å²) < 4.78 is 13.3. The van der Waals surface area contributed by atoms with Crippen LogP contribution >= 0.6 is 0 Å². The molecule has 0 aromatic heterocycles. The molecule has 1 atom stereocenters. The van der Waals surface area contributed by atoms with Crippen LogP contribution in [-0.4, -0.2) is 61.2 Å². The Labute approximate surface area is 120 Å². The molecule has 0 bridgehead atoms. The van der Waals surface area contributed by atoms with Crippen molar-refractivity contribution < 1.29 is 9.50 Å². The molecule has 0 saturated carbocycles. The van der Waals surface area contributed by atoms with Crippen molar-refractivity contribution in [3.63, 3.8) is 0 Å². The molecule has 112 valence electrons. The van der Waals surface area contributed by atoms with E-state index in [1.165, 1.54) is 18.2 Å². The monoisotopic (exact) mass is 281 g/mol. The summed E-state index contributed by atoms with van der Waals surface area (Å²) in [5, 5.41) is 13.2. The van der Waals surface area contributed by atoms with Crippen LogP contribution in [0.5, 0.6) is 5.75 Å². The highest BCUT2D eigenvalue weighted by Gasteiger charge is 2.17. The van der Waals surface area contributed by atoms with Crippen LogP contribution in [-0.2, 0) is 0 Å². The Balaban J connectivity index is 1.90. The molecule has 5 heteroatoms. The summed E-state index contributed by atoms with van der Waals surface area (Å²) in [6.45, 7) is 8.14. The molecule has 0 radical (unpaired) electrons. The third-order valence-electron chi connectivity index (χ3n) is 4.08. The molecule has 1 saturated heterocycles. The van der Waals surface area contributed by atoms with Gasteiger partial charge in [-0.1, -0.05) is 0 Å². The predicted molar refractivity (Wildman–Crippen MR) is 78.4 cm³/mol. The van der Waals surface area contributed by atoms with Gasteiger partial charge in [-0.05, 0) is 32.2 Å². The van der Waals surface area contributed by atoms with Gasteiger partial charge in [0.15, 0.2) is 0 Å². The van der Waals surface area contributed by atoms with E-state index in [9.17, 15) is 9.50 Å². The van der Waals surface area contributed by atoms with Gasteiger partial charge in [0.1, 0.15) is 11.6 Å². The van der Waals surface area contributed by atoms with E-state index in [2.05, 4.69) is 15.1 Å². The van der Waals surface area contributed by atoms with Gasteiger partial charge in [-0.15, -0.1) is 0 Å². The molecule has 0 spiro atoms. The van der Waals surface area contributed by atoms with E-state index >= 15 is 0 Å². The van der Waals surface area contributed by atoms with Crippen molar-refractivity contribution in [3.8, 4) is 5.75 Å². The average Bonchev–Trinajstić information content (AvgIpc) is 2.47. The van der Waals surface area contributed by atoms with Gasteiger partial charge >= 0.3 is 0 Å². The summed E-state index contributed by atoms with van der Waals surface area (Å²) in [4.78, 5) is 4.57. The van der Waals surface area contributed by atoms with Crippen LogP contribution in [0.4, 0.5) is 4.39 Å². The molecular formula is C15H24FN3O. The number of rotatable bonds is 5. The molecule has 1 aromatic carbocycles. The maximum Gasteiger partial charge on any atom is 0.123 e. The lowest BCUT2D eigenvalue weighted by molar-refractivity contribution is 0.181. The fourth-order valence-corrected chi connectivity index (χ4v) is 2.52. The predicted octanol–water partition coefficient (Wildman–Crippen LogP) is 1.43. The van der Waals surface area contributed by atoms with Crippen molar-refractivity contribution in [2.75, 3.05) is 46.3 Å². The van der Waals surface area contributed by atoms with Crippen LogP contribution in [0.1, 0.15) is 18.5 Å². The van der Waals surface area contributed by atoms with E-state index in [4.69, 9.17) is 0 Å². The fraction of sp³-hybridized carbons (Fsp3) is 0.600. The maximum atomic E-state index is 13.3. The number of piperazine rings is 1. The second-order valence-corrected chi connectivity index (χ2v) is 5.45. The van der Waals surface area contributed by atoms with Crippen LogP contribution in [0, 0.1) is 5.82 Å². The summed E-state index contributed by atoms with van der Waals surface area (Å²) in [5.74, 6) is -0.145. The van der Waals surface area contributed by atoms with Crippen molar-refractivity contribution in [1.29, 1.82) is 0 Å². The zero-order valence-corrected chi connectivity index (χ0v) is 12.3. The molecule has 1 aliphatic heterocycles. The molecule has 1 heterocycles.